The van der Waals surface area contributed by atoms with Gasteiger partial charge in [0, 0.05) is 29.9 Å². The average molecular weight is 403 g/mol. The molecule has 7 heteroatoms. The predicted octanol–water partition coefficient (Wildman–Crippen LogP) is 4.00. The Morgan fingerprint density at radius 1 is 1.13 bits per heavy atom. The predicted molar refractivity (Wildman–Crippen MR) is 114 cm³/mol. The summed E-state index contributed by atoms with van der Waals surface area (Å²) < 4.78 is 5.69. The van der Waals surface area contributed by atoms with E-state index in [2.05, 4.69) is 37.7 Å². The summed E-state index contributed by atoms with van der Waals surface area (Å²) in [7, 11) is 0. The fourth-order valence-corrected chi connectivity index (χ4v) is 3.58. The monoisotopic (exact) mass is 403 g/mol. The topological polar surface area (TPSA) is 89.0 Å². The van der Waals surface area contributed by atoms with Gasteiger partial charge in [-0.15, -0.1) is 0 Å². The Balaban J connectivity index is 1.28. The number of urea groups is 1. The van der Waals surface area contributed by atoms with Gasteiger partial charge in [-0.2, -0.15) is 0 Å². The minimum absolute atomic E-state index is 0.0806. The van der Waals surface area contributed by atoms with Crippen molar-refractivity contribution in [3.05, 3.63) is 77.5 Å². The van der Waals surface area contributed by atoms with Gasteiger partial charge in [0.2, 0.25) is 5.88 Å². The number of rotatable bonds is 6. The molecule has 3 aromatic rings. The van der Waals surface area contributed by atoms with Crippen molar-refractivity contribution in [3.8, 4) is 5.88 Å². The Bertz CT molecular complexity index is 992. The van der Waals surface area contributed by atoms with E-state index in [1.165, 1.54) is 5.56 Å². The number of carbonyl (C=O) groups is 1. The minimum atomic E-state index is -0.270. The molecule has 1 aromatic carbocycles. The van der Waals surface area contributed by atoms with Crippen LogP contribution in [0.4, 0.5) is 10.5 Å². The molecule has 2 heterocycles. The molecule has 2 N–H and O–H groups in total. The van der Waals surface area contributed by atoms with Gasteiger partial charge in [-0.1, -0.05) is 30.3 Å². The van der Waals surface area contributed by atoms with Gasteiger partial charge in [-0.3, -0.25) is 0 Å². The molecule has 0 radical (unpaired) electrons. The van der Waals surface area contributed by atoms with Crippen LogP contribution >= 0.6 is 0 Å². The smallest absolute Gasteiger partial charge is 0.319 e. The minimum Gasteiger partial charge on any atom is -0.477 e. The number of nitrogens with zero attached hydrogens (tertiary/aromatic N) is 3. The van der Waals surface area contributed by atoms with Crippen molar-refractivity contribution in [3.63, 3.8) is 0 Å². The lowest BCUT2D eigenvalue weighted by Crippen LogP contribution is -2.34. The van der Waals surface area contributed by atoms with E-state index in [0.29, 0.717) is 18.2 Å². The largest absolute Gasteiger partial charge is 0.477 e. The molecule has 1 aliphatic carbocycles. The lowest BCUT2D eigenvalue weighted by Gasteiger charge is -2.25. The molecule has 1 unspecified atom stereocenters. The quantitative estimate of drug-likeness (QED) is 0.649. The number of fused-ring (bicyclic) bond motifs is 1. The van der Waals surface area contributed by atoms with Crippen LogP contribution in [0.1, 0.15) is 41.5 Å². The van der Waals surface area contributed by atoms with E-state index < -0.39 is 0 Å². The molecule has 2 amide bonds. The Morgan fingerprint density at radius 3 is 2.80 bits per heavy atom. The van der Waals surface area contributed by atoms with Gasteiger partial charge in [0.05, 0.1) is 24.5 Å². The number of hydrogen-bond acceptors (Lipinski definition) is 5. The van der Waals surface area contributed by atoms with Crippen molar-refractivity contribution < 1.29 is 9.53 Å². The number of aromatic nitrogens is 3. The van der Waals surface area contributed by atoms with Crippen LogP contribution in [0, 0.1) is 6.92 Å². The number of hydrogen-bond donors (Lipinski definition) is 2. The summed E-state index contributed by atoms with van der Waals surface area (Å²) in [5.74, 6) is 1.29. The van der Waals surface area contributed by atoms with Crippen LogP contribution in [0.5, 0.6) is 5.88 Å². The summed E-state index contributed by atoms with van der Waals surface area (Å²) in [6.45, 7) is 2.43. The van der Waals surface area contributed by atoms with Gasteiger partial charge in [-0.25, -0.2) is 19.7 Å². The van der Waals surface area contributed by atoms with E-state index in [1.807, 2.05) is 31.3 Å². The van der Waals surface area contributed by atoms with E-state index in [1.54, 1.807) is 18.3 Å². The molecule has 0 saturated heterocycles. The maximum atomic E-state index is 12.4. The summed E-state index contributed by atoms with van der Waals surface area (Å²) in [5, 5.41) is 5.85. The van der Waals surface area contributed by atoms with Crippen LogP contribution in [0.15, 0.2) is 54.9 Å². The average Bonchev–Trinajstić information content (AvgIpc) is 2.76. The summed E-state index contributed by atoms with van der Waals surface area (Å²) in [4.78, 5) is 25.5. The molecule has 7 nitrogen and oxygen atoms in total. The van der Waals surface area contributed by atoms with Crippen molar-refractivity contribution >= 4 is 11.7 Å². The van der Waals surface area contributed by atoms with Crippen LogP contribution in [0.25, 0.3) is 0 Å². The first-order valence-electron chi connectivity index (χ1n) is 10.2. The standard InChI is InChI=1S/C23H25N5O2/c1-16-24-15-19-20(26-16)8-5-9-21(19)28-23(29)27-18-10-11-22(25-14-18)30-13-12-17-6-3-2-4-7-17/h2-4,6-7,10-11,14-15,21H,5,8-9,12-13H2,1H3,(H2,27,28,29). The zero-order chi connectivity index (χ0) is 20.8. The van der Waals surface area contributed by atoms with Crippen molar-refractivity contribution in [2.24, 2.45) is 0 Å². The second-order valence-electron chi connectivity index (χ2n) is 7.33. The van der Waals surface area contributed by atoms with E-state index in [9.17, 15) is 4.79 Å². The van der Waals surface area contributed by atoms with Gasteiger partial charge in [-0.05, 0) is 37.8 Å². The van der Waals surface area contributed by atoms with Crippen LogP contribution in [-0.4, -0.2) is 27.6 Å². The summed E-state index contributed by atoms with van der Waals surface area (Å²) in [6.07, 6.45) is 7.03. The van der Waals surface area contributed by atoms with Crippen molar-refractivity contribution in [2.75, 3.05) is 11.9 Å². The SMILES string of the molecule is Cc1ncc2c(n1)CCCC2NC(=O)Nc1ccc(OCCc2ccccc2)nc1. The van der Waals surface area contributed by atoms with Gasteiger partial charge in [0.25, 0.3) is 0 Å². The Kier molecular flexibility index (Phi) is 6.17. The van der Waals surface area contributed by atoms with E-state index in [0.717, 1.165) is 42.8 Å². The second-order valence-corrected chi connectivity index (χ2v) is 7.33. The number of benzene rings is 1. The Labute approximate surface area is 175 Å². The first-order valence-corrected chi connectivity index (χ1v) is 10.2. The molecular weight excluding hydrogens is 378 g/mol. The number of carbonyl (C=O) groups excluding carboxylic acids is 1. The zero-order valence-electron chi connectivity index (χ0n) is 17.0. The number of anilines is 1. The number of nitrogens with one attached hydrogen (secondary N) is 2. The molecule has 1 aliphatic rings. The number of pyridine rings is 1. The molecule has 0 aliphatic heterocycles. The lowest BCUT2D eigenvalue weighted by atomic mass is 9.92. The fourth-order valence-electron chi connectivity index (χ4n) is 3.58. The number of ether oxygens (including phenoxy) is 1. The first-order chi connectivity index (χ1) is 14.7. The fraction of sp³-hybridized carbons (Fsp3) is 0.304. The molecule has 0 bridgehead atoms. The lowest BCUT2D eigenvalue weighted by molar-refractivity contribution is 0.247. The maximum absolute atomic E-state index is 12.4. The van der Waals surface area contributed by atoms with E-state index in [4.69, 9.17) is 4.74 Å². The molecule has 4 rings (SSSR count). The maximum Gasteiger partial charge on any atom is 0.319 e. The number of aryl methyl sites for hydroxylation is 2. The molecular formula is C23H25N5O2. The highest BCUT2D eigenvalue weighted by atomic mass is 16.5. The van der Waals surface area contributed by atoms with E-state index in [-0.39, 0.29) is 12.1 Å². The second kappa shape index (κ2) is 9.35. The van der Waals surface area contributed by atoms with Gasteiger partial charge in [0.1, 0.15) is 5.82 Å². The van der Waals surface area contributed by atoms with Crippen LogP contribution in [-0.2, 0) is 12.8 Å². The molecule has 0 saturated carbocycles. The zero-order valence-corrected chi connectivity index (χ0v) is 17.0. The highest BCUT2D eigenvalue weighted by Crippen LogP contribution is 2.28. The Hall–Kier alpha value is -3.48. The summed E-state index contributed by atoms with van der Waals surface area (Å²) in [6, 6.07) is 13.4. The van der Waals surface area contributed by atoms with E-state index >= 15 is 0 Å². The molecule has 0 spiro atoms. The third-order valence-electron chi connectivity index (χ3n) is 5.09. The molecule has 0 fully saturated rings. The van der Waals surface area contributed by atoms with Crippen LogP contribution < -0.4 is 15.4 Å². The van der Waals surface area contributed by atoms with Gasteiger partial charge >= 0.3 is 6.03 Å². The Morgan fingerprint density at radius 2 is 2.00 bits per heavy atom. The molecule has 2 aromatic heterocycles. The molecule has 154 valence electrons. The summed E-state index contributed by atoms with van der Waals surface area (Å²) in [5.41, 5.74) is 3.86. The van der Waals surface area contributed by atoms with Gasteiger partial charge < -0.3 is 15.4 Å². The molecule has 30 heavy (non-hydrogen) atoms. The van der Waals surface area contributed by atoms with Crippen molar-refractivity contribution in [1.82, 2.24) is 20.3 Å². The number of amides is 2. The highest BCUT2D eigenvalue weighted by molar-refractivity contribution is 5.89. The highest BCUT2D eigenvalue weighted by Gasteiger charge is 2.23. The normalized spacial score (nSPS) is 15.2. The van der Waals surface area contributed by atoms with Crippen molar-refractivity contribution in [1.29, 1.82) is 0 Å². The summed E-state index contributed by atoms with van der Waals surface area (Å²) >= 11 is 0. The third kappa shape index (κ3) is 5.11. The van der Waals surface area contributed by atoms with Crippen LogP contribution in [0.2, 0.25) is 0 Å². The van der Waals surface area contributed by atoms with Crippen molar-refractivity contribution in [2.45, 2.75) is 38.6 Å². The molecule has 1 atom stereocenters. The first kappa shape index (κ1) is 19.8. The van der Waals surface area contributed by atoms with Gasteiger partial charge in [0.15, 0.2) is 0 Å². The van der Waals surface area contributed by atoms with Crippen LogP contribution in [0.3, 0.4) is 0 Å². The third-order valence-corrected chi connectivity index (χ3v) is 5.09.